The molecule has 0 amide bonds. The lowest BCUT2D eigenvalue weighted by atomic mass is 10.0. The van der Waals surface area contributed by atoms with E-state index in [2.05, 4.69) is 41.5 Å². The molecule has 0 saturated carbocycles. The topological polar surface area (TPSA) is 61.3 Å². The van der Waals surface area contributed by atoms with Gasteiger partial charge in [0.15, 0.2) is 0 Å². The Kier molecular flexibility index (Phi) is 37.2. The Balaban J connectivity index is -0.00000129. The molecule has 0 rings (SSSR count). The van der Waals surface area contributed by atoms with Gasteiger partial charge >= 0.3 is 5.97 Å². The third-order valence-electron chi connectivity index (χ3n) is 7.08. The van der Waals surface area contributed by atoms with Crippen molar-refractivity contribution in [2.75, 3.05) is 6.61 Å². The molecule has 0 aromatic rings. The van der Waals surface area contributed by atoms with Crippen molar-refractivity contribution < 1.29 is 9.53 Å². The van der Waals surface area contributed by atoms with Crippen LogP contribution in [0, 0.1) is 11.8 Å². The second-order valence-electron chi connectivity index (χ2n) is 11.2. The number of hydrogen-bond donors (Lipinski definition) is 1. The number of rotatable bonds is 24. The lowest BCUT2D eigenvalue weighted by molar-refractivity contribution is -0.143. The molecule has 0 atom stereocenters. The Labute approximate surface area is 222 Å². The summed E-state index contributed by atoms with van der Waals surface area (Å²) >= 11 is 0. The number of esters is 1. The Bertz CT molecular complexity index is 376. The van der Waals surface area contributed by atoms with E-state index >= 15 is 0 Å². The highest BCUT2D eigenvalue weighted by molar-refractivity contribution is 5.69. The predicted molar refractivity (Wildman–Crippen MR) is 159 cm³/mol. The minimum Gasteiger partial charge on any atom is -0.466 e. The molecule has 214 valence electrons. The molecule has 0 aromatic carbocycles. The molecule has 0 fully saturated rings. The van der Waals surface area contributed by atoms with E-state index in [1.54, 1.807) is 0 Å². The van der Waals surface area contributed by atoms with E-state index in [4.69, 9.17) is 4.74 Å². The van der Waals surface area contributed by atoms with Gasteiger partial charge in [-0.05, 0) is 24.7 Å². The summed E-state index contributed by atoms with van der Waals surface area (Å²) in [6.45, 7) is 14.1. The van der Waals surface area contributed by atoms with E-state index in [0.29, 0.717) is 13.0 Å². The third-order valence-corrected chi connectivity index (χ3v) is 7.08. The normalized spacial score (nSPS) is 10.7. The number of carbonyl (C=O) groups excluding carboxylic acids is 1. The highest BCUT2D eigenvalue weighted by Gasteiger charge is 2.02. The Morgan fingerprint density at radius 2 is 0.771 bits per heavy atom. The van der Waals surface area contributed by atoms with E-state index in [-0.39, 0.29) is 12.1 Å². The van der Waals surface area contributed by atoms with Crippen molar-refractivity contribution in [2.45, 2.75) is 183 Å². The third kappa shape index (κ3) is 38.1. The van der Waals surface area contributed by atoms with Crippen LogP contribution in [0.3, 0.4) is 0 Å². The first kappa shape index (κ1) is 39.0. The van der Waals surface area contributed by atoms with E-state index in [0.717, 1.165) is 24.7 Å². The maximum absolute atomic E-state index is 11.7. The standard InChI is InChI=1S/C26H52O2.C6H14.H3N/c1-3-5-7-9-11-12-13-14-15-16-17-18-19-20-22-24-26(27)28-25-23-21-10-8-6-4-2;1-5(2)6(3)4;/h3-25H2,1-2H3;5-6H,1-4H3;1H3. The minimum atomic E-state index is 0. The van der Waals surface area contributed by atoms with Gasteiger partial charge in [0.25, 0.3) is 0 Å². The van der Waals surface area contributed by atoms with Crippen molar-refractivity contribution in [2.24, 2.45) is 11.8 Å². The molecule has 0 heterocycles. The maximum Gasteiger partial charge on any atom is 0.305 e. The van der Waals surface area contributed by atoms with E-state index < -0.39 is 0 Å². The zero-order chi connectivity index (χ0) is 25.7. The molecule has 0 spiro atoms. The molecule has 0 bridgehead atoms. The number of unbranched alkanes of at least 4 members (excludes halogenated alkanes) is 19. The average molecular weight is 500 g/mol. The predicted octanol–water partition coefficient (Wildman–Crippen LogP) is 11.6. The van der Waals surface area contributed by atoms with Gasteiger partial charge in [-0.1, -0.05) is 164 Å². The van der Waals surface area contributed by atoms with Crippen LogP contribution in [-0.2, 0) is 9.53 Å². The number of hydrogen-bond acceptors (Lipinski definition) is 3. The minimum absolute atomic E-state index is 0. The lowest BCUT2D eigenvalue weighted by Crippen LogP contribution is -2.05. The summed E-state index contributed by atoms with van der Waals surface area (Å²) in [7, 11) is 0. The summed E-state index contributed by atoms with van der Waals surface area (Å²) in [6, 6.07) is 0. The van der Waals surface area contributed by atoms with Gasteiger partial charge in [0, 0.05) is 6.42 Å². The first-order chi connectivity index (χ1) is 16.5. The highest BCUT2D eigenvalue weighted by atomic mass is 16.5. The van der Waals surface area contributed by atoms with Crippen molar-refractivity contribution in [1.82, 2.24) is 6.15 Å². The summed E-state index contributed by atoms with van der Waals surface area (Å²) in [5, 5.41) is 0. The molecule has 3 nitrogen and oxygen atoms in total. The first-order valence-corrected chi connectivity index (χ1v) is 15.6. The Morgan fingerprint density at radius 3 is 1.09 bits per heavy atom. The highest BCUT2D eigenvalue weighted by Crippen LogP contribution is 2.14. The fourth-order valence-corrected chi connectivity index (χ4v) is 3.78. The van der Waals surface area contributed by atoms with Crippen LogP contribution >= 0.6 is 0 Å². The Hall–Kier alpha value is -0.570. The van der Waals surface area contributed by atoms with Gasteiger partial charge < -0.3 is 10.9 Å². The molecule has 3 heteroatoms. The van der Waals surface area contributed by atoms with Crippen LogP contribution in [0.15, 0.2) is 0 Å². The molecule has 0 unspecified atom stereocenters. The van der Waals surface area contributed by atoms with E-state index in [1.165, 1.54) is 122 Å². The van der Waals surface area contributed by atoms with Gasteiger partial charge in [-0.2, -0.15) is 0 Å². The monoisotopic (exact) mass is 500 g/mol. The largest absolute Gasteiger partial charge is 0.466 e. The zero-order valence-corrected chi connectivity index (χ0v) is 25.4. The summed E-state index contributed by atoms with van der Waals surface area (Å²) in [5.74, 6) is 1.72. The number of ether oxygens (including phenoxy) is 1. The first-order valence-electron chi connectivity index (χ1n) is 15.6. The van der Waals surface area contributed by atoms with Crippen molar-refractivity contribution in [3.8, 4) is 0 Å². The summed E-state index contributed by atoms with van der Waals surface area (Å²) in [6.07, 6.45) is 28.5. The molecule has 0 aliphatic rings. The van der Waals surface area contributed by atoms with Gasteiger partial charge in [-0.3, -0.25) is 4.79 Å². The van der Waals surface area contributed by atoms with Crippen LogP contribution in [0.4, 0.5) is 0 Å². The second kappa shape index (κ2) is 33.4. The fourth-order valence-electron chi connectivity index (χ4n) is 3.78. The van der Waals surface area contributed by atoms with Crippen LogP contribution < -0.4 is 6.15 Å². The molecular weight excluding hydrogens is 430 g/mol. The van der Waals surface area contributed by atoms with Crippen molar-refractivity contribution >= 4 is 5.97 Å². The molecule has 35 heavy (non-hydrogen) atoms. The molecular formula is C32H69NO2. The SMILES string of the molecule is CC(C)C(C)C.CCCCCCCCCCCCCCCCCC(=O)OCCCCCCCC.N. The number of carbonyl (C=O) groups is 1. The average Bonchev–Trinajstić information content (AvgIpc) is 2.81. The van der Waals surface area contributed by atoms with Gasteiger partial charge in [0.05, 0.1) is 6.61 Å². The van der Waals surface area contributed by atoms with Crippen LogP contribution in [0.25, 0.3) is 0 Å². The van der Waals surface area contributed by atoms with E-state index in [9.17, 15) is 4.79 Å². The lowest BCUT2D eigenvalue weighted by Gasteiger charge is -2.05. The van der Waals surface area contributed by atoms with Gasteiger partial charge in [-0.15, -0.1) is 0 Å². The summed E-state index contributed by atoms with van der Waals surface area (Å²) < 4.78 is 5.33. The maximum atomic E-state index is 11.7. The zero-order valence-electron chi connectivity index (χ0n) is 25.4. The quantitative estimate of drug-likeness (QED) is 0.106. The summed E-state index contributed by atoms with van der Waals surface area (Å²) in [5.41, 5.74) is 0. The second-order valence-corrected chi connectivity index (χ2v) is 11.2. The summed E-state index contributed by atoms with van der Waals surface area (Å²) in [4.78, 5) is 11.7. The van der Waals surface area contributed by atoms with Crippen LogP contribution in [0.2, 0.25) is 0 Å². The van der Waals surface area contributed by atoms with Crippen molar-refractivity contribution in [1.29, 1.82) is 0 Å². The van der Waals surface area contributed by atoms with Gasteiger partial charge in [0.1, 0.15) is 0 Å². The van der Waals surface area contributed by atoms with Crippen molar-refractivity contribution in [3.63, 3.8) is 0 Å². The molecule has 0 saturated heterocycles. The fraction of sp³-hybridized carbons (Fsp3) is 0.969. The molecule has 0 aromatic heterocycles. The van der Waals surface area contributed by atoms with Gasteiger partial charge in [0.2, 0.25) is 0 Å². The molecule has 0 radical (unpaired) electrons. The van der Waals surface area contributed by atoms with Gasteiger partial charge in [-0.25, -0.2) is 0 Å². The van der Waals surface area contributed by atoms with E-state index in [1.807, 2.05) is 0 Å². The molecule has 0 aliphatic carbocycles. The molecule has 3 N–H and O–H groups in total. The van der Waals surface area contributed by atoms with Crippen molar-refractivity contribution in [3.05, 3.63) is 0 Å². The van der Waals surface area contributed by atoms with Crippen LogP contribution in [0.1, 0.15) is 183 Å². The van der Waals surface area contributed by atoms with Crippen LogP contribution in [0.5, 0.6) is 0 Å². The Morgan fingerprint density at radius 1 is 0.486 bits per heavy atom. The van der Waals surface area contributed by atoms with Crippen LogP contribution in [-0.4, -0.2) is 12.6 Å². The molecule has 0 aliphatic heterocycles. The smallest absolute Gasteiger partial charge is 0.305 e.